The predicted molar refractivity (Wildman–Crippen MR) is 119 cm³/mol. The van der Waals surface area contributed by atoms with Gasteiger partial charge in [-0.05, 0) is 30.5 Å². The van der Waals surface area contributed by atoms with Crippen LogP contribution in [0.2, 0.25) is 0 Å². The van der Waals surface area contributed by atoms with Crippen molar-refractivity contribution in [2.75, 3.05) is 19.7 Å². The first-order valence-corrected chi connectivity index (χ1v) is 10.8. The maximum absolute atomic E-state index is 12.8. The number of aromatic nitrogens is 3. The summed E-state index contributed by atoms with van der Waals surface area (Å²) in [6.45, 7) is 1.23. The third kappa shape index (κ3) is 4.46. The van der Waals surface area contributed by atoms with E-state index in [0.717, 1.165) is 29.5 Å². The molecule has 1 fully saturated rings. The van der Waals surface area contributed by atoms with Crippen molar-refractivity contribution < 1.29 is 13.9 Å². The van der Waals surface area contributed by atoms with Gasteiger partial charge in [0.15, 0.2) is 12.5 Å². The molecule has 5 rings (SSSR count). The number of likely N-dealkylation sites (tertiary alicyclic amines) is 1. The Hall–Kier alpha value is -3.74. The number of piperidine rings is 1. The van der Waals surface area contributed by atoms with E-state index in [1.807, 2.05) is 47.4 Å². The Labute approximate surface area is 186 Å². The monoisotopic (exact) mass is 428 g/mol. The van der Waals surface area contributed by atoms with E-state index in [1.165, 1.54) is 11.9 Å². The highest BCUT2D eigenvalue weighted by molar-refractivity contribution is 5.84. The fraction of sp³-hybridized carbons (Fsp3) is 0.280. The van der Waals surface area contributed by atoms with Gasteiger partial charge in [-0.1, -0.05) is 42.5 Å². The number of benzene rings is 2. The van der Waals surface area contributed by atoms with Crippen molar-refractivity contribution in [3.8, 4) is 5.88 Å². The second-order valence-electron chi connectivity index (χ2n) is 7.99. The molecule has 2 aromatic heterocycles. The largest absolute Gasteiger partial charge is 0.467 e. The maximum Gasteiger partial charge on any atom is 0.260 e. The average molecular weight is 428 g/mol. The number of fused-ring (bicyclic) bond motifs is 1. The Bertz CT molecular complexity index is 1200. The second kappa shape index (κ2) is 9.18. The number of oxazole rings is 1. The van der Waals surface area contributed by atoms with E-state index >= 15 is 0 Å². The first kappa shape index (κ1) is 20.2. The van der Waals surface area contributed by atoms with Crippen LogP contribution in [0.1, 0.15) is 36.0 Å². The molecular formula is C25H24N4O3. The Morgan fingerprint density at radius 3 is 2.81 bits per heavy atom. The molecule has 1 aliphatic rings. The number of nitrogens with zero attached hydrogens (tertiary/aromatic N) is 4. The Balaban J connectivity index is 1.21. The van der Waals surface area contributed by atoms with Crippen LogP contribution in [0.15, 0.2) is 71.5 Å². The highest BCUT2D eigenvalue weighted by Crippen LogP contribution is 2.27. The van der Waals surface area contributed by atoms with Crippen molar-refractivity contribution in [1.29, 1.82) is 0 Å². The molecule has 1 aliphatic heterocycles. The molecule has 4 aromatic rings. The van der Waals surface area contributed by atoms with Gasteiger partial charge in [0.25, 0.3) is 5.91 Å². The summed E-state index contributed by atoms with van der Waals surface area (Å²) in [5.41, 5.74) is 1.98. The van der Waals surface area contributed by atoms with Gasteiger partial charge < -0.3 is 14.1 Å². The number of rotatable bonds is 6. The number of amides is 1. The topological polar surface area (TPSA) is 81.4 Å². The molecule has 3 heterocycles. The van der Waals surface area contributed by atoms with Crippen LogP contribution in [-0.2, 0) is 11.2 Å². The van der Waals surface area contributed by atoms with E-state index < -0.39 is 0 Å². The number of carbonyl (C=O) groups is 1. The quantitative estimate of drug-likeness (QED) is 0.462. The zero-order valence-electron chi connectivity index (χ0n) is 17.7. The SMILES string of the molecule is O=C(COc1ncnc2ccccc12)N1CCC[C@@H](c2ncc(Cc3ccccc3)o2)C1. The van der Waals surface area contributed by atoms with Gasteiger partial charge in [-0.15, -0.1) is 0 Å². The van der Waals surface area contributed by atoms with Gasteiger partial charge in [0.05, 0.1) is 23.0 Å². The molecule has 0 radical (unpaired) electrons. The Kier molecular flexibility index (Phi) is 5.79. The summed E-state index contributed by atoms with van der Waals surface area (Å²) in [7, 11) is 0. The normalized spacial score (nSPS) is 16.2. The summed E-state index contributed by atoms with van der Waals surface area (Å²) >= 11 is 0. The summed E-state index contributed by atoms with van der Waals surface area (Å²) in [6, 6.07) is 17.8. The highest BCUT2D eigenvalue weighted by atomic mass is 16.5. The molecule has 0 unspecified atom stereocenters. The molecule has 7 heteroatoms. The summed E-state index contributed by atoms with van der Waals surface area (Å²) in [5.74, 6) is 2.01. The lowest BCUT2D eigenvalue weighted by Gasteiger charge is -2.31. The van der Waals surface area contributed by atoms with Crippen LogP contribution in [0.4, 0.5) is 0 Å². The molecule has 32 heavy (non-hydrogen) atoms. The van der Waals surface area contributed by atoms with Gasteiger partial charge in [-0.2, -0.15) is 0 Å². The molecule has 1 amide bonds. The van der Waals surface area contributed by atoms with E-state index in [1.54, 1.807) is 6.20 Å². The molecule has 1 saturated heterocycles. The van der Waals surface area contributed by atoms with Crippen LogP contribution in [0.5, 0.6) is 5.88 Å². The molecule has 0 N–H and O–H groups in total. The fourth-order valence-electron chi connectivity index (χ4n) is 4.11. The number of hydrogen-bond donors (Lipinski definition) is 0. The summed E-state index contributed by atoms with van der Waals surface area (Å²) in [6.07, 6.45) is 5.82. The van der Waals surface area contributed by atoms with Crippen LogP contribution in [0.25, 0.3) is 10.9 Å². The lowest BCUT2D eigenvalue weighted by Crippen LogP contribution is -2.41. The molecule has 0 bridgehead atoms. The fourth-order valence-corrected chi connectivity index (χ4v) is 4.11. The van der Waals surface area contributed by atoms with Crippen LogP contribution in [0.3, 0.4) is 0 Å². The number of carbonyl (C=O) groups excluding carboxylic acids is 1. The van der Waals surface area contributed by atoms with Gasteiger partial charge in [0.2, 0.25) is 5.88 Å². The zero-order chi connectivity index (χ0) is 21.8. The molecule has 2 aromatic carbocycles. The molecule has 0 spiro atoms. The minimum Gasteiger partial charge on any atom is -0.467 e. The Morgan fingerprint density at radius 1 is 1.06 bits per heavy atom. The first-order chi connectivity index (χ1) is 15.8. The molecule has 0 saturated carbocycles. The van der Waals surface area contributed by atoms with Crippen molar-refractivity contribution in [2.45, 2.75) is 25.2 Å². The second-order valence-corrected chi connectivity index (χ2v) is 7.99. The minimum absolute atomic E-state index is 0.0570. The minimum atomic E-state index is -0.0616. The van der Waals surface area contributed by atoms with Crippen LogP contribution >= 0.6 is 0 Å². The lowest BCUT2D eigenvalue weighted by atomic mass is 9.98. The molecule has 7 nitrogen and oxygen atoms in total. The molecule has 0 aliphatic carbocycles. The predicted octanol–water partition coefficient (Wildman–Crippen LogP) is 3.99. The van der Waals surface area contributed by atoms with Crippen LogP contribution in [0, 0.1) is 0 Å². The van der Waals surface area contributed by atoms with Crippen LogP contribution in [-0.4, -0.2) is 45.5 Å². The van der Waals surface area contributed by atoms with Gasteiger partial charge in [-0.25, -0.2) is 15.0 Å². The first-order valence-electron chi connectivity index (χ1n) is 10.8. The van der Waals surface area contributed by atoms with Crippen molar-refractivity contribution in [3.63, 3.8) is 0 Å². The van der Waals surface area contributed by atoms with Crippen LogP contribution < -0.4 is 4.74 Å². The maximum atomic E-state index is 12.8. The lowest BCUT2D eigenvalue weighted by molar-refractivity contribution is -0.134. The van der Waals surface area contributed by atoms with Crippen molar-refractivity contribution in [3.05, 3.63) is 84.3 Å². The summed E-state index contributed by atoms with van der Waals surface area (Å²) in [5, 5.41) is 0.796. The molecular weight excluding hydrogens is 404 g/mol. The number of hydrogen-bond acceptors (Lipinski definition) is 6. The summed E-state index contributed by atoms with van der Waals surface area (Å²) in [4.78, 5) is 27.6. The third-order valence-electron chi connectivity index (χ3n) is 5.75. The van der Waals surface area contributed by atoms with Crippen molar-refractivity contribution >= 4 is 16.8 Å². The number of para-hydroxylation sites is 1. The standard InChI is InChI=1S/C25H24N4O3/c30-23(16-31-25-21-10-4-5-11-22(21)27-17-28-25)29-12-6-9-19(15-29)24-26-14-20(32-24)13-18-7-2-1-3-8-18/h1-5,7-8,10-11,14,17,19H,6,9,12-13,15-16H2/t19-/m1/s1. The van der Waals surface area contributed by atoms with Gasteiger partial charge in [0.1, 0.15) is 12.1 Å². The Morgan fingerprint density at radius 2 is 1.91 bits per heavy atom. The van der Waals surface area contributed by atoms with Crippen molar-refractivity contribution in [1.82, 2.24) is 19.9 Å². The smallest absolute Gasteiger partial charge is 0.260 e. The molecule has 1 atom stereocenters. The average Bonchev–Trinajstić information content (AvgIpc) is 3.32. The van der Waals surface area contributed by atoms with E-state index in [0.29, 0.717) is 31.3 Å². The third-order valence-corrected chi connectivity index (χ3v) is 5.75. The number of ether oxygens (including phenoxy) is 1. The summed E-state index contributed by atoms with van der Waals surface area (Å²) < 4.78 is 11.8. The van der Waals surface area contributed by atoms with E-state index in [9.17, 15) is 4.79 Å². The van der Waals surface area contributed by atoms with Crippen molar-refractivity contribution in [2.24, 2.45) is 0 Å². The van der Waals surface area contributed by atoms with E-state index in [-0.39, 0.29) is 18.4 Å². The van der Waals surface area contributed by atoms with E-state index in [2.05, 4.69) is 27.1 Å². The molecule has 162 valence electrons. The van der Waals surface area contributed by atoms with Gasteiger partial charge >= 0.3 is 0 Å². The van der Waals surface area contributed by atoms with Gasteiger partial charge in [0, 0.05) is 19.5 Å². The van der Waals surface area contributed by atoms with Gasteiger partial charge in [-0.3, -0.25) is 4.79 Å². The highest BCUT2D eigenvalue weighted by Gasteiger charge is 2.28. The van der Waals surface area contributed by atoms with E-state index in [4.69, 9.17) is 9.15 Å². The zero-order valence-corrected chi connectivity index (χ0v) is 17.7.